The van der Waals surface area contributed by atoms with Gasteiger partial charge in [-0.15, -0.1) is 0 Å². The quantitative estimate of drug-likeness (QED) is 0.800. The Bertz CT molecular complexity index is 369. The molecular weight excluding hydrogens is 176 g/mol. The van der Waals surface area contributed by atoms with Crippen LogP contribution in [0.1, 0.15) is 17.5 Å². The lowest BCUT2D eigenvalue weighted by Gasteiger charge is -2.12. The minimum absolute atomic E-state index is 0.0335. The number of nitrogens with one attached hydrogen (secondary N) is 1. The molecule has 1 N–H and O–H groups in total. The lowest BCUT2D eigenvalue weighted by molar-refractivity contribution is 0.459. The minimum atomic E-state index is 0.0335. The molecule has 0 spiro atoms. The number of furan rings is 1. The second-order valence-corrected chi connectivity index (χ2v) is 2.99. The maximum atomic E-state index is 5.34. The molecule has 0 radical (unpaired) electrons. The normalized spacial score (nSPS) is 12.6. The van der Waals surface area contributed by atoms with Gasteiger partial charge in [0.25, 0.3) is 0 Å². The number of rotatable bonds is 3. The highest BCUT2D eigenvalue weighted by Crippen LogP contribution is 2.19. The van der Waals surface area contributed by atoms with Crippen LogP contribution < -0.4 is 5.32 Å². The van der Waals surface area contributed by atoms with Gasteiger partial charge in [0.1, 0.15) is 11.8 Å². The molecule has 0 fully saturated rings. The molecule has 0 bridgehead atoms. The third kappa shape index (κ3) is 1.67. The summed E-state index contributed by atoms with van der Waals surface area (Å²) in [5, 5.41) is 3.16. The highest BCUT2D eigenvalue weighted by atomic mass is 16.3. The van der Waals surface area contributed by atoms with Gasteiger partial charge >= 0.3 is 0 Å². The molecule has 0 aliphatic carbocycles. The second kappa shape index (κ2) is 4.07. The SMILES string of the molecule is CNC(c1ccccn1)c1ccco1. The van der Waals surface area contributed by atoms with Gasteiger partial charge in [-0.25, -0.2) is 0 Å². The van der Waals surface area contributed by atoms with Gasteiger partial charge < -0.3 is 9.73 Å². The van der Waals surface area contributed by atoms with Crippen LogP contribution in [0.15, 0.2) is 47.2 Å². The fraction of sp³-hybridized carbons (Fsp3) is 0.182. The predicted molar refractivity (Wildman–Crippen MR) is 53.8 cm³/mol. The zero-order chi connectivity index (χ0) is 9.80. The number of hydrogen-bond donors (Lipinski definition) is 1. The first kappa shape index (κ1) is 8.97. The molecule has 14 heavy (non-hydrogen) atoms. The van der Waals surface area contributed by atoms with Crippen molar-refractivity contribution in [1.29, 1.82) is 0 Å². The van der Waals surface area contributed by atoms with E-state index in [1.54, 1.807) is 12.5 Å². The van der Waals surface area contributed by atoms with E-state index in [-0.39, 0.29) is 6.04 Å². The van der Waals surface area contributed by atoms with Crippen LogP contribution in [0.4, 0.5) is 0 Å². The van der Waals surface area contributed by atoms with Gasteiger partial charge in [-0.1, -0.05) is 6.07 Å². The second-order valence-electron chi connectivity index (χ2n) is 2.99. The molecule has 0 saturated heterocycles. The highest BCUT2D eigenvalue weighted by molar-refractivity contribution is 5.19. The van der Waals surface area contributed by atoms with Crippen molar-refractivity contribution in [2.75, 3.05) is 7.05 Å². The molecule has 2 aromatic heterocycles. The van der Waals surface area contributed by atoms with E-state index in [9.17, 15) is 0 Å². The Labute approximate surface area is 82.8 Å². The lowest BCUT2D eigenvalue weighted by Crippen LogP contribution is -2.17. The monoisotopic (exact) mass is 188 g/mol. The largest absolute Gasteiger partial charge is 0.467 e. The maximum Gasteiger partial charge on any atom is 0.126 e. The first-order valence-corrected chi connectivity index (χ1v) is 4.53. The molecule has 3 heteroatoms. The molecule has 1 unspecified atom stereocenters. The Hall–Kier alpha value is -1.61. The number of nitrogens with zero attached hydrogens (tertiary/aromatic N) is 1. The maximum absolute atomic E-state index is 5.34. The van der Waals surface area contributed by atoms with E-state index in [2.05, 4.69) is 10.3 Å². The van der Waals surface area contributed by atoms with E-state index < -0.39 is 0 Å². The Balaban J connectivity index is 2.31. The Kier molecular flexibility index (Phi) is 2.60. The molecular formula is C11H12N2O. The predicted octanol–water partition coefficient (Wildman–Crippen LogP) is 1.98. The van der Waals surface area contributed by atoms with Crippen molar-refractivity contribution < 1.29 is 4.42 Å². The summed E-state index contributed by atoms with van der Waals surface area (Å²) in [6.07, 6.45) is 3.45. The van der Waals surface area contributed by atoms with Crippen LogP contribution in [-0.4, -0.2) is 12.0 Å². The molecule has 2 rings (SSSR count). The Morgan fingerprint density at radius 3 is 2.79 bits per heavy atom. The van der Waals surface area contributed by atoms with E-state index >= 15 is 0 Å². The zero-order valence-corrected chi connectivity index (χ0v) is 7.97. The summed E-state index contributed by atoms with van der Waals surface area (Å²) in [6, 6.07) is 9.70. The molecule has 72 valence electrons. The van der Waals surface area contributed by atoms with Crippen molar-refractivity contribution in [1.82, 2.24) is 10.3 Å². The zero-order valence-electron chi connectivity index (χ0n) is 7.97. The number of aromatic nitrogens is 1. The van der Waals surface area contributed by atoms with Crippen molar-refractivity contribution in [2.24, 2.45) is 0 Å². The van der Waals surface area contributed by atoms with E-state index in [1.165, 1.54) is 0 Å². The molecule has 2 heterocycles. The van der Waals surface area contributed by atoms with Gasteiger partial charge in [0.15, 0.2) is 0 Å². The van der Waals surface area contributed by atoms with Gasteiger partial charge in [-0.3, -0.25) is 4.98 Å². The molecule has 2 aromatic rings. The first-order chi connectivity index (χ1) is 6.92. The van der Waals surface area contributed by atoms with Gasteiger partial charge in [0.05, 0.1) is 12.0 Å². The summed E-state index contributed by atoms with van der Waals surface area (Å²) in [5.74, 6) is 0.881. The lowest BCUT2D eigenvalue weighted by atomic mass is 10.1. The number of pyridine rings is 1. The third-order valence-corrected chi connectivity index (χ3v) is 2.10. The number of hydrogen-bond acceptors (Lipinski definition) is 3. The van der Waals surface area contributed by atoms with Gasteiger partial charge in [0, 0.05) is 6.20 Å². The Morgan fingerprint density at radius 1 is 1.29 bits per heavy atom. The van der Waals surface area contributed by atoms with Gasteiger partial charge in [-0.05, 0) is 31.3 Å². The van der Waals surface area contributed by atoms with Crippen LogP contribution in [-0.2, 0) is 0 Å². The van der Waals surface area contributed by atoms with Crippen LogP contribution in [0.3, 0.4) is 0 Å². The fourth-order valence-electron chi connectivity index (χ4n) is 1.44. The topological polar surface area (TPSA) is 38.1 Å². The van der Waals surface area contributed by atoms with E-state index in [0.717, 1.165) is 11.5 Å². The summed E-state index contributed by atoms with van der Waals surface area (Å²) in [4.78, 5) is 4.28. The molecule has 0 amide bonds. The van der Waals surface area contributed by atoms with E-state index in [4.69, 9.17) is 4.42 Å². The summed E-state index contributed by atoms with van der Waals surface area (Å²) in [5.41, 5.74) is 0.963. The van der Waals surface area contributed by atoms with Crippen LogP contribution in [0.2, 0.25) is 0 Å². The standard InChI is InChI=1S/C11H12N2O/c1-12-11(10-6-4-8-14-10)9-5-2-3-7-13-9/h2-8,11-12H,1H3. The van der Waals surface area contributed by atoms with Crippen LogP contribution >= 0.6 is 0 Å². The summed E-state index contributed by atoms with van der Waals surface area (Å²) < 4.78 is 5.34. The minimum Gasteiger partial charge on any atom is -0.467 e. The van der Waals surface area contributed by atoms with Crippen molar-refractivity contribution in [3.63, 3.8) is 0 Å². The van der Waals surface area contributed by atoms with Crippen molar-refractivity contribution in [3.05, 3.63) is 54.2 Å². The third-order valence-electron chi connectivity index (χ3n) is 2.10. The van der Waals surface area contributed by atoms with Crippen molar-refractivity contribution in [2.45, 2.75) is 6.04 Å². The first-order valence-electron chi connectivity index (χ1n) is 4.53. The van der Waals surface area contributed by atoms with Crippen LogP contribution in [0.25, 0.3) is 0 Å². The fourth-order valence-corrected chi connectivity index (χ4v) is 1.44. The smallest absolute Gasteiger partial charge is 0.126 e. The van der Waals surface area contributed by atoms with E-state index in [1.807, 2.05) is 37.4 Å². The summed E-state index contributed by atoms with van der Waals surface area (Å²) in [7, 11) is 1.89. The molecule has 0 aromatic carbocycles. The van der Waals surface area contributed by atoms with Gasteiger partial charge in [-0.2, -0.15) is 0 Å². The molecule has 0 saturated carbocycles. The molecule has 1 atom stereocenters. The average molecular weight is 188 g/mol. The molecule has 0 aliphatic rings. The molecule has 0 aliphatic heterocycles. The van der Waals surface area contributed by atoms with Crippen molar-refractivity contribution in [3.8, 4) is 0 Å². The summed E-state index contributed by atoms with van der Waals surface area (Å²) >= 11 is 0. The molecule has 3 nitrogen and oxygen atoms in total. The van der Waals surface area contributed by atoms with E-state index in [0.29, 0.717) is 0 Å². The van der Waals surface area contributed by atoms with Crippen LogP contribution in [0, 0.1) is 0 Å². The summed E-state index contributed by atoms with van der Waals surface area (Å²) in [6.45, 7) is 0. The van der Waals surface area contributed by atoms with Gasteiger partial charge in [0.2, 0.25) is 0 Å². The Morgan fingerprint density at radius 2 is 2.21 bits per heavy atom. The van der Waals surface area contributed by atoms with Crippen LogP contribution in [0.5, 0.6) is 0 Å². The highest BCUT2D eigenvalue weighted by Gasteiger charge is 2.14. The van der Waals surface area contributed by atoms with Crippen molar-refractivity contribution >= 4 is 0 Å². The average Bonchev–Trinajstić information content (AvgIpc) is 2.74.